The molecule has 21 heavy (non-hydrogen) atoms. The van der Waals surface area contributed by atoms with Crippen molar-refractivity contribution >= 4 is 11.9 Å². The average molecular weight is 291 g/mol. The summed E-state index contributed by atoms with van der Waals surface area (Å²) in [6, 6.07) is 9.16. The van der Waals surface area contributed by atoms with E-state index in [4.69, 9.17) is 0 Å². The number of carbonyl (C=O) groups is 2. The van der Waals surface area contributed by atoms with Crippen LogP contribution in [0.4, 0.5) is 4.39 Å². The van der Waals surface area contributed by atoms with Gasteiger partial charge in [-0.25, -0.2) is 4.39 Å². The Hall–Kier alpha value is -1.91. The monoisotopic (exact) mass is 291 g/mol. The van der Waals surface area contributed by atoms with E-state index >= 15 is 0 Å². The number of nitrogens with zero attached hydrogens (tertiary/aromatic N) is 1. The fourth-order valence-electron chi connectivity index (χ4n) is 3.32. The van der Waals surface area contributed by atoms with Gasteiger partial charge in [-0.2, -0.15) is 0 Å². The summed E-state index contributed by atoms with van der Waals surface area (Å²) in [5.74, 6) is -2.28. The van der Waals surface area contributed by atoms with Gasteiger partial charge in [0.25, 0.3) is 5.91 Å². The van der Waals surface area contributed by atoms with Gasteiger partial charge in [0.2, 0.25) is 0 Å². The van der Waals surface area contributed by atoms with Crippen LogP contribution in [0.2, 0.25) is 0 Å². The maximum absolute atomic E-state index is 14.3. The van der Waals surface area contributed by atoms with Gasteiger partial charge in [-0.1, -0.05) is 30.3 Å². The molecule has 0 bridgehead atoms. The number of benzene rings is 1. The fraction of sp³-hybridized carbons (Fsp3) is 0.500. The SMILES string of the molecule is C[C@H](c1ccccc1)N1CC(C2(C(=O)O)CC2)C(F)C1=O. The minimum absolute atomic E-state index is 0.183. The molecule has 1 N–H and O–H groups in total. The van der Waals surface area contributed by atoms with Crippen LogP contribution in [-0.2, 0) is 9.59 Å². The molecule has 1 aliphatic heterocycles. The first-order valence-corrected chi connectivity index (χ1v) is 7.20. The second-order valence-electron chi connectivity index (χ2n) is 6.05. The molecule has 1 aromatic rings. The summed E-state index contributed by atoms with van der Waals surface area (Å²) < 4.78 is 14.3. The van der Waals surface area contributed by atoms with Crippen molar-refractivity contribution in [2.75, 3.05) is 6.54 Å². The Kier molecular flexibility index (Phi) is 3.23. The number of carbonyl (C=O) groups excluding carboxylic acids is 1. The molecular formula is C16H18FNO3. The summed E-state index contributed by atoms with van der Waals surface area (Å²) >= 11 is 0. The number of rotatable bonds is 4. The fourth-order valence-corrected chi connectivity index (χ4v) is 3.32. The first-order chi connectivity index (χ1) is 9.97. The molecule has 1 saturated carbocycles. The number of aliphatic carboxylic acids is 1. The summed E-state index contributed by atoms with van der Waals surface area (Å²) in [6.07, 6.45) is -0.766. The van der Waals surface area contributed by atoms with E-state index < -0.39 is 29.4 Å². The number of hydrogen-bond donors (Lipinski definition) is 1. The molecule has 1 heterocycles. The Morgan fingerprint density at radius 1 is 1.38 bits per heavy atom. The van der Waals surface area contributed by atoms with Crippen molar-refractivity contribution in [1.29, 1.82) is 0 Å². The minimum atomic E-state index is -1.70. The predicted octanol–water partition coefficient (Wildman–Crippen LogP) is 2.41. The van der Waals surface area contributed by atoms with Crippen LogP contribution < -0.4 is 0 Å². The number of carboxylic acids is 1. The number of likely N-dealkylation sites (tertiary alicyclic amines) is 1. The Labute approximate surface area is 122 Å². The number of amides is 1. The van der Waals surface area contributed by atoms with Crippen molar-refractivity contribution in [3.63, 3.8) is 0 Å². The molecule has 1 aliphatic carbocycles. The summed E-state index contributed by atoms with van der Waals surface area (Å²) in [7, 11) is 0. The van der Waals surface area contributed by atoms with Crippen molar-refractivity contribution in [2.45, 2.75) is 32.0 Å². The maximum Gasteiger partial charge on any atom is 0.310 e. The topological polar surface area (TPSA) is 57.6 Å². The third-order valence-corrected chi connectivity index (χ3v) is 4.94. The Morgan fingerprint density at radius 2 is 2.00 bits per heavy atom. The molecule has 1 amide bonds. The van der Waals surface area contributed by atoms with Crippen molar-refractivity contribution < 1.29 is 19.1 Å². The van der Waals surface area contributed by atoms with Gasteiger partial charge in [0.05, 0.1) is 11.5 Å². The van der Waals surface area contributed by atoms with Crippen LogP contribution in [-0.4, -0.2) is 34.6 Å². The van der Waals surface area contributed by atoms with E-state index in [1.165, 1.54) is 4.90 Å². The Bertz CT molecular complexity index is 570. The lowest BCUT2D eigenvalue weighted by atomic mass is 9.87. The van der Waals surface area contributed by atoms with Crippen LogP contribution in [0.3, 0.4) is 0 Å². The van der Waals surface area contributed by atoms with Crippen molar-refractivity contribution in [3.8, 4) is 0 Å². The quantitative estimate of drug-likeness (QED) is 0.926. The van der Waals surface area contributed by atoms with Gasteiger partial charge in [-0.05, 0) is 25.3 Å². The highest BCUT2D eigenvalue weighted by Crippen LogP contribution is 2.56. The summed E-state index contributed by atoms with van der Waals surface area (Å²) in [5, 5.41) is 9.31. The third-order valence-electron chi connectivity index (χ3n) is 4.94. The van der Waals surface area contributed by atoms with Crippen LogP contribution in [0.1, 0.15) is 31.4 Å². The van der Waals surface area contributed by atoms with E-state index in [0.717, 1.165) is 5.56 Å². The molecule has 0 spiro atoms. The van der Waals surface area contributed by atoms with E-state index in [2.05, 4.69) is 0 Å². The molecule has 3 atom stereocenters. The second kappa shape index (κ2) is 4.83. The van der Waals surface area contributed by atoms with Gasteiger partial charge in [0.15, 0.2) is 6.17 Å². The number of carboxylic acid groups (broad SMARTS) is 1. The first-order valence-electron chi connectivity index (χ1n) is 7.20. The summed E-state index contributed by atoms with van der Waals surface area (Å²) in [6.45, 7) is 2.03. The third kappa shape index (κ3) is 2.11. The number of hydrogen-bond acceptors (Lipinski definition) is 2. The van der Waals surface area contributed by atoms with Crippen molar-refractivity contribution in [1.82, 2.24) is 4.90 Å². The van der Waals surface area contributed by atoms with Crippen LogP contribution in [0.5, 0.6) is 0 Å². The summed E-state index contributed by atoms with van der Waals surface area (Å²) in [5.41, 5.74) is -0.0980. The second-order valence-corrected chi connectivity index (χ2v) is 6.05. The van der Waals surface area contributed by atoms with E-state index in [1.807, 2.05) is 37.3 Å². The van der Waals surface area contributed by atoms with Gasteiger partial charge < -0.3 is 10.0 Å². The molecule has 5 heteroatoms. The normalized spacial score (nSPS) is 28.5. The first kappa shape index (κ1) is 14.0. The van der Waals surface area contributed by atoms with Crippen LogP contribution in [0.25, 0.3) is 0 Å². The molecule has 1 saturated heterocycles. The predicted molar refractivity (Wildman–Crippen MR) is 74.3 cm³/mol. The van der Waals surface area contributed by atoms with Crippen LogP contribution >= 0.6 is 0 Å². The van der Waals surface area contributed by atoms with Gasteiger partial charge >= 0.3 is 5.97 Å². The van der Waals surface area contributed by atoms with E-state index in [-0.39, 0.29) is 12.6 Å². The lowest BCUT2D eigenvalue weighted by Crippen LogP contribution is -2.32. The standard InChI is InChI=1S/C16H18FNO3/c1-10(11-5-3-2-4-6-11)18-9-12(13(17)14(18)19)16(7-8-16)15(20)21/h2-6,10,12-13H,7-9H2,1H3,(H,20,21)/t10-,12?,13?/m1/s1. The number of alkyl halides is 1. The molecule has 0 aromatic heterocycles. The van der Waals surface area contributed by atoms with Gasteiger partial charge in [-0.15, -0.1) is 0 Å². The zero-order valence-corrected chi connectivity index (χ0v) is 11.8. The van der Waals surface area contributed by atoms with E-state index in [9.17, 15) is 19.1 Å². The molecule has 0 radical (unpaired) electrons. The average Bonchev–Trinajstić information content (AvgIpc) is 3.24. The zero-order valence-electron chi connectivity index (χ0n) is 11.8. The highest BCUT2D eigenvalue weighted by molar-refractivity contribution is 5.87. The zero-order chi connectivity index (χ0) is 15.2. The molecular weight excluding hydrogens is 273 g/mol. The van der Waals surface area contributed by atoms with Gasteiger partial charge in [-0.3, -0.25) is 9.59 Å². The maximum atomic E-state index is 14.3. The molecule has 3 rings (SSSR count). The van der Waals surface area contributed by atoms with Crippen molar-refractivity contribution in [2.24, 2.45) is 11.3 Å². The minimum Gasteiger partial charge on any atom is -0.481 e. The van der Waals surface area contributed by atoms with Gasteiger partial charge in [0, 0.05) is 12.5 Å². The lowest BCUT2D eigenvalue weighted by Gasteiger charge is -2.25. The molecule has 2 aliphatic rings. The summed E-state index contributed by atoms with van der Waals surface area (Å²) in [4.78, 5) is 25.0. The van der Waals surface area contributed by atoms with Crippen LogP contribution in [0, 0.1) is 11.3 Å². The Morgan fingerprint density at radius 3 is 2.52 bits per heavy atom. The number of halogens is 1. The largest absolute Gasteiger partial charge is 0.481 e. The molecule has 1 aromatic carbocycles. The van der Waals surface area contributed by atoms with Crippen molar-refractivity contribution in [3.05, 3.63) is 35.9 Å². The smallest absolute Gasteiger partial charge is 0.310 e. The molecule has 4 nitrogen and oxygen atoms in total. The van der Waals surface area contributed by atoms with Gasteiger partial charge in [0.1, 0.15) is 0 Å². The highest BCUT2D eigenvalue weighted by Gasteiger charge is 2.63. The van der Waals surface area contributed by atoms with Crippen LogP contribution in [0.15, 0.2) is 30.3 Å². The molecule has 2 fully saturated rings. The van der Waals surface area contributed by atoms with E-state index in [0.29, 0.717) is 12.8 Å². The lowest BCUT2D eigenvalue weighted by molar-refractivity contribution is -0.146. The highest BCUT2D eigenvalue weighted by atomic mass is 19.1. The molecule has 112 valence electrons. The molecule has 2 unspecified atom stereocenters. The Balaban J connectivity index is 1.83. The van der Waals surface area contributed by atoms with E-state index in [1.54, 1.807) is 0 Å².